The monoisotopic (exact) mass is 757 g/mol. The predicted octanol–water partition coefficient (Wildman–Crippen LogP) is 5.14. The van der Waals surface area contributed by atoms with E-state index in [1.54, 1.807) is 29.2 Å². The Labute approximate surface area is 325 Å². The summed E-state index contributed by atoms with van der Waals surface area (Å²) in [6.07, 6.45) is 10.7. The number of nitrogens with one attached hydrogen (secondary N) is 2. The number of hydrogen-bond donors (Lipinski definition) is 3. The number of ketones is 3. The van der Waals surface area contributed by atoms with Gasteiger partial charge in [0.05, 0.1) is 24.2 Å². The van der Waals surface area contributed by atoms with Gasteiger partial charge in [-0.05, 0) is 67.4 Å². The third-order valence-corrected chi connectivity index (χ3v) is 11.8. The van der Waals surface area contributed by atoms with E-state index in [4.69, 9.17) is 0 Å². The van der Waals surface area contributed by atoms with Gasteiger partial charge in [0.2, 0.25) is 5.91 Å². The van der Waals surface area contributed by atoms with Crippen LogP contribution in [0.1, 0.15) is 126 Å². The van der Waals surface area contributed by atoms with Crippen molar-refractivity contribution in [1.82, 2.24) is 25.5 Å². The summed E-state index contributed by atoms with van der Waals surface area (Å²) in [5.74, 6) is -3.81. The number of benzene rings is 1. The molecule has 3 aliphatic rings. The van der Waals surface area contributed by atoms with Crippen LogP contribution in [-0.2, 0) is 19.2 Å². The standard InChI is InChI=1S/C43H59N5O7/c1-5-12-30(39(52)37(51)21-27-17-18-27)22-35(49)31-25-48(42(55)29-15-10-7-11-16-29)26-34(31)46-40(53)32(43(2,3)4)23-36(50)38(28-13-8-6-9-14-28)47-41(54)33-24-44-19-20-45-33/h7,10-11,15-16,19-20,24,27-28,30-32,34,38-39,52H,5-6,8-9,12-14,17-18,21-23,25-26H2,1-4H3,(H,46,53)(H,47,54)/t30-,31-,32?,34?,38+,39?/m1/s1. The Bertz CT molecular complexity index is 1650. The lowest BCUT2D eigenvalue weighted by atomic mass is 9.74. The molecule has 3 unspecified atom stereocenters. The maximum absolute atomic E-state index is 14.4. The van der Waals surface area contributed by atoms with E-state index in [1.165, 1.54) is 18.6 Å². The average Bonchev–Trinajstić information content (AvgIpc) is 3.90. The predicted molar refractivity (Wildman–Crippen MR) is 207 cm³/mol. The van der Waals surface area contributed by atoms with E-state index in [1.807, 2.05) is 33.8 Å². The molecule has 2 aromatic rings. The second-order valence-corrected chi connectivity index (χ2v) is 17.1. The van der Waals surface area contributed by atoms with Crippen LogP contribution in [0.2, 0.25) is 0 Å². The van der Waals surface area contributed by atoms with Gasteiger partial charge in [-0.25, -0.2) is 4.98 Å². The second kappa shape index (κ2) is 19.0. The molecule has 1 saturated heterocycles. The molecule has 2 saturated carbocycles. The average molecular weight is 758 g/mol. The number of amides is 3. The summed E-state index contributed by atoms with van der Waals surface area (Å²) in [4.78, 5) is 92.4. The molecule has 55 heavy (non-hydrogen) atoms. The van der Waals surface area contributed by atoms with Crippen LogP contribution in [0.15, 0.2) is 48.9 Å². The van der Waals surface area contributed by atoms with Gasteiger partial charge in [-0.2, -0.15) is 0 Å². The van der Waals surface area contributed by atoms with Gasteiger partial charge in [0.15, 0.2) is 11.6 Å². The van der Waals surface area contributed by atoms with Crippen LogP contribution in [0, 0.1) is 35.0 Å². The number of carbonyl (C=O) groups excluding carboxylic acids is 6. The number of hydrogen-bond acceptors (Lipinski definition) is 9. The number of aliphatic hydroxyl groups excluding tert-OH is 1. The number of nitrogens with zero attached hydrogens (tertiary/aromatic N) is 3. The summed E-state index contributed by atoms with van der Waals surface area (Å²) in [5, 5.41) is 17.1. The minimum atomic E-state index is -1.25. The molecule has 12 nitrogen and oxygen atoms in total. The highest BCUT2D eigenvalue weighted by Crippen LogP contribution is 2.36. The Kier molecular flexibility index (Phi) is 14.5. The SMILES string of the molecule is CCC[C@H](CC(=O)[C@@H]1CN(C(=O)c2ccccc2)CC1NC(=O)C(CC(=O)[C@@H](NC(=O)c1cnccn1)C1CCCCC1)C(C)(C)C)C(O)C(=O)CC1CC1. The smallest absolute Gasteiger partial charge is 0.272 e. The quantitative estimate of drug-likeness (QED) is 0.186. The van der Waals surface area contributed by atoms with Crippen molar-refractivity contribution in [2.45, 2.75) is 123 Å². The fourth-order valence-corrected chi connectivity index (χ4v) is 8.31. The summed E-state index contributed by atoms with van der Waals surface area (Å²) in [6, 6.07) is 7.20. The first-order valence-electron chi connectivity index (χ1n) is 20.2. The molecule has 1 aliphatic heterocycles. The Morgan fingerprint density at radius 1 is 0.909 bits per heavy atom. The van der Waals surface area contributed by atoms with Gasteiger partial charge in [0, 0.05) is 56.2 Å². The van der Waals surface area contributed by atoms with Crippen LogP contribution in [0.5, 0.6) is 0 Å². The van der Waals surface area contributed by atoms with Crippen molar-refractivity contribution in [3.8, 4) is 0 Å². The first-order chi connectivity index (χ1) is 26.3. The second-order valence-electron chi connectivity index (χ2n) is 17.1. The van der Waals surface area contributed by atoms with Gasteiger partial charge in [0.25, 0.3) is 11.8 Å². The Balaban J connectivity index is 1.35. The zero-order valence-electron chi connectivity index (χ0n) is 32.9. The summed E-state index contributed by atoms with van der Waals surface area (Å²) in [7, 11) is 0. The normalized spacial score (nSPS) is 21.2. The van der Waals surface area contributed by atoms with Crippen LogP contribution < -0.4 is 10.6 Å². The maximum atomic E-state index is 14.4. The van der Waals surface area contributed by atoms with Crippen molar-refractivity contribution in [2.75, 3.05) is 13.1 Å². The number of likely N-dealkylation sites (tertiary alicyclic amines) is 1. The van der Waals surface area contributed by atoms with Gasteiger partial charge >= 0.3 is 0 Å². The number of aliphatic hydroxyl groups is 1. The van der Waals surface area contributed by atoms with E-state index >= 15 is 0 Å². The van der Waals surface area contributed by atoms with Gasteiger partial charge < -0.3 is 20.6 Å². The molecule has 12 heteroatoms. The first-order valence-corrected chi connectivity index (χ1v) is 20.2. The largest absolute Gasteiger partial charge is 0.385 e. The molecule has 2 aliphatic carbocycles. The highest BCUT2D eigenvalue weighted by molar-refractivity contribution is 5.98. The van der Waals surface area contributed by atoms with Crippen LogP contribution >= 0.6 is 0 Å². The Morgan fingerprint density at radius 2 is 1.62 bits per heavy atom. The summed E-state index contributed by atoms with van der Waals surface area (Å²) >= 11 is 0. The van der Waals surface area contributed by atoms with Crippen molar-refractivity contribution < 1.29 is 33.9 Å². The summed E-state index contributed by atoms with van der Waals surface area (Å²) < 4.78 is 0. The van der Waals surface area contributed by atoms with Crippen LogP contribution in [0.25, 0.3) is 0 Å². The van der Waals surface area contributed by atoms with Crippen molar-refractivity contribution in [3.05, 3.63) is 60.2 Å². The fourth-order valence-electron chi connectivity index (χ4n) is 8.31. The molecule has 1 aromatic heterocycles. The molecule has 0 radical (unpaired) electrons. The molecular formula is C43H59N5O7. The van der Waals surface area contributed by atoms with Gasteiger partial charge in [-0.15, -0.1) is 0 Å². The third-order valence-electron chi connectivity index (χ3n) is 11.8. The summed E-state index contributed by atoms with van der Waals surface area (Å²) in [6.45, 7) is 7.76. The van der Waals surface area contributed by atoms with E-state index in [2.05, 4.69) is 20.6 Å². The zero-order chi connectivity index (χ0) is 39.7. The molecule has 1 aromatic carbocycles. The lowest BCUT2D eigenvalue weighted by molar-refractivity contribution is -0.135. The molecule has 0 spiro atoms. The van der Waals surface area contributed by atoms with E-state index in [9.17, 15) is 33.9 Å². The van der Waals surface area contributed by atoms with E-state index in [0.29, 0.717) is 30.7 Å². The van der Waals surface area contributed by atoms with Crippen LogP contribution in [0.4, 0.5) is 0 Å². The molecule has 6 atom stereocenters. The Hall–Kier alpha value is -4.32. The maximum Gasteiger partial charge on any atom is 0.272 e. The zero-order valence-corrected chi connectivity index (χ0v) is 32.9. The van der Waals surface area contributed by atoms with Crippen molar-refractivity contribution in [3.63, 3.8) is 0 Å². The number of carbonyl (C=O) groups is 6. The lowest BCUT2D eigenvalue weighted by Crippen LogP contribution is -2.51. The fraction of sp³-hybridized carbons (Fsp3) is 0.628. The molecule has 2 heterocycles. The summed E-state index contributed by atoms with van der Waals surface area (Å²) in [5.41, 5.74) is -0.114. The number of aromatic nitrogens is 2. The van der Waals surface area contributed by atoms with Crippen molar-refractivity contribution >= 4 is 35.1 Å². The highest BCUT2D eigenvalue weighted by atomic mass is 16.3. The topological polar surface area (TPSA) is 176 Å². The van der Waals surface area contributed by atoms with Gasteiger partial charge in [-0.1, -0.05) is 71.6 Å². The lowest BCUT2D eigenvalue weighted by Gasteiger charge is -2.34. The third kappa shape index (κ3) is 11.4. The number of rotatable bonds is 18. The molecule has 5 rings (SSSR count). The van der Waals surface area contributed by atoms with E-state index in [-0.39, 0.29) is 60.8 Å². The van der Waals surface area contributed by atoms with Crippen LogP contribution in [0.3, 0.4) is 0 Å². The molecular weight excluding hydrogens is 699 g/mol. The van der Waals surface area contributed by atoms with Gasteiger partial charge in [0.1, 0.15) is 17.6 Å². The minimum Gasteiger partial charge on any atom is -0.385 e. The highest BCUT2D eigenvalue weighted by Gasteiger charge is 2.45. The first kappa shape index (κ1) is 41.8. The molecule has 0 bridgehead atoms. The Morgan fingerprint density at radius 3 is 2.24 bits per heavy atom. The number of Topliss-reactive ketones (excluding diaryl/α,β-unsaturated/α-hetero) is 3. The van der Waals surface area contributed by atoms with E-state index < -0.39 is 53.2 Å². The van der Waals surface area contributed by atoms with E-state index in [0.717, 1.165) is 44.9 Å². The molecule has 3 fully saturated rings. The molecule has 3 amide bonds. The van der Waals surface area contributed by atoms with Gasteiger partial charge in [-0.3, -0.25) is 33.8 Å². The minimum absolute atomic E-state index is 0.0500. The van der Waals surface area contributed by atoms with Crippen molar-refractivity contribution in [2.24, 2.45) is 35.0 Å². The van der Waals surface area contributed by atoms with Crippen LogP contribution in [-0.4, -0.2) is 86.3 Å². The molecule has 298 valence electrons. The molecule has 3 N–H and O–H groups in total. The van der Waals surface area contributed by atoms with Crippen molar-refractivity contribution in [1.29, 1.82) is 0 Å².